The van der Waals surface area contributed by atoms with E-state index < -0.39 is 0 Å². The first-order valence-electron chi connectivity index (χ1n) is 10.6. The highest BCUT2D eigenvalue weighted by Gasteiger charge is 2.13. The van der Waals surface area contributed by atoms with Crippen LogP contribution >= 0.6 is 0 Å². The van der Waals surface area contributed by atoms with Gasteiger partial charge < -0.3 is 29.5 Å². The molecule has 1 fully saturated rings. The number of nitrogens with one attached hydrogen (secondary N) is 1. The highest BCUT2D eigenvalue weighted by molar-refractivity contribution is 5.79. The molecule has 1 aliphatic heterocycles. The van der Waals surface area contributed by atoms with Crippen molar-refractivity contribution in [3.63, 3.8) is 0 Å². The van der Waals surface area contributed by atoms with Gasteiger partial charge in [0, 0.05) is 53.4 Å². The van der Waals surface area contributed by atoms with Crippen molar-refractivity contribution in [2.24, 2.45) is 4.99 Å². The van der Waals surface area contributed by atoms with E-state index >= 15 is 0 Å². The fourth-order valence-electron chi connectivity index (χ4n) is 3.56. The molecule has 1 aromatic carbocycles. The van der Waals surface area contributed by atoms with E-state index in [-0.39, 0.29) is 0 Å². The molecule has 0 radical (unpaired) electrons. The molecule has 1 saturated heterocycles. The van der Waals surface area contributed by atoms with E-state index in [1.165, 1.54) is 44.7 Å². The van der Waals surface area contributed by atoms with E-state index in [0.29, 0.717) is 0 Å². The summed E-state index contributed by atoms with van der Waals surface area (Å²) in [7, 11) is 9.46. The maximum atomic E-state index is 5.40. The van der Waals surface area contributed by atoms with E-state index in [2.05, 4.69) is 45.2 Å². The van der Waals surface area contributed by atoms with Gasteiger partial charge in [-0.1, -0.05) is 6.07 Å². The molecular weight excluding hydrogens is 366 g/mol. The molecule has 1 aliphatic rings. The number of aliphatic imine (C=N–C) groups is 1. The van der Waals surface area contributed by atoms with Crippen molar-refractivity contribution < 1.29 is 9.47 Å². The molecule has 1 N–H and O–H groups in total. The number of piperazine rings is 1. The van der Waals surface area contributed by atoms with Crippen LogP contribution < -0.4 is 14.8 Å². The number of methoxy groups -OCH3 is 2. The van der Waals surface area contributed by atoms with Crippen LogP contribution in [-0.2, 0) is 6.42 Å². The summed E-state index contributed by atoms with van der Waals surface area (Å²) in [5.74, 6) is 2.49. The molecule has 0 aliphatic carbocycles. The first-order chi connectivity index (χ1) is 14.1. The Morgan fingerprint density at radius 2 is 1.83 bits per heavy atom. The van der Waals surface area contributed by atoms with Gasteiger partial charge in [-0.05, 0) is 50.6 Å². The van der Waals surface area contributed by atoms with Gasteiger partial charge in [0.05, 0.1) is 14.2 Å². The lowest BCUT2D eigenvalue weighted by Gasteiger charge is -2.32. The highest BCUT2D eigenvalue weighted by Crippen LogP contribution is 2.27. The van der Waals surface area contributed by atoms with Gasteiger partial charge >= 0.3 is 0 Å². The van der Waals surface area contributed by atoms with Crippen molar-refractivity contribution >= 4 is 5.96 Å². The van der Waals surface area contributed by atoms with Crippen LogP contribution in [0.1, 0.15) is 18.4 Å². The molecule has 0 atom stereocenters. The maximum Gasteiger partial charge on any atom is 0.193 e. The minimum atomic E-state index is 0.763. The fourth-order valence-corrected chi connectivity index (χ4v) is 3.56. The number of ether oxygens (including phenoxy) is 2. The van der Waals surface area contributed by atoms with Crippen molar-refractivity contribution in [2.75, 3.05) is 81.2 Å². The van der Waals surface area contributed by atoms with Crippen LogP contribution in [0.25, 0.3) is 0 Å². The zero-order chi connectivity index (χ0) is 21.1. The Kier molecular flexibility index (Phi) is 10.1. The number of hydrogen-bond acceptors (Lipinski definition) is 5. The van der Waals surface area contributed by atoms with Gasteiger partial charge in [0.25, 0.3) is 0 Å². The first-order valence-corrected chi connectivity index (χ1v) is 10.6. The van der Waals surface area contributed by atoms with E-state index in [1.807, 2.05) is 19.2 Å². The Morgan fingerprint density at radius 1 is 1.10 bits per heavy atom. The summed E-state index contributed by atoms with van der Waals surface area (Å²) in [6.45, 7) is 7.82. The number of nitrogens with zero attached hydrogens (tertiary/aromatic N) is 4. The first kappa shape index (κ1) is 23.3. The normalized spacial score (nSPS) is 16.0. The van der Waals surface area contributed by atoms with Gasteiger partial charge in [0.2, 0.25) is 0 Å². The summed E-state index contributed by atoms with van der Waals surface area (Å²) in [6, 6.07) is 6.09. The van der Waals surface area contributed by atoms with E-state index in [9.17, 15) is 0 Å². The average Bonchev–Trinajstić information content (AvgIpc) is 2.75. The number of benzene rings is 1. The Bertz CT molecular complexity index is 630. The van der Waals surface area contributed by atoms with Crippen LogP contribution in [0.5, 0.6) is 11.5 Å². The third kappa shape index (κ3) is 7.74. The zero-order valence-electron chi connectivity index (χ0n) is 18.9. The lowest BCUT2D eigenvalue weighted by molar-refractivity contribution is 0.152. The third-order valence-corrected chi connectivity index (χ3v) is 5.54. The van der Waals surface area contributed by atoms with Crippen molar-refractivity contribution in [1.29, 1.82) is 0 Å². The molecule has 7 heteroatoms. The lowest BCUT2D eigenvalue weighted by Crippen LogP contribution is -2.44. The molecule has 0 saturated carbocycles. The number of hydrogen-bond donors (Lipinski definition) is 1. The summed E-state index contributed by atoms with van der Waals surface area (Å²) >= 11 is 0. The lowest BCUT2D eigenvalue weighted by atomic mass is 10.1. The molecule has 29 heavy (non-hydrogen) atoms. The van der Waals surface area contributed by atoms with Crippen LogP contribution in [0.15, 0.2) is 23.2 Å². The Hall–Kier alpha value is -1.99. The maximum absolute atomic E-state index is 5.40. The minimum Gasteiger partial charge on any atom is -0.493 e. The Balaban J connectivity index is 1.67. The minimum absolute atomic E-state index is 0.763. The fraction of sp³-hybridized carbons (Fsp3) is 0.682. The predicted molar refractivity (Wildman–Crippen MR) is 120 cm³/mol. The molecule has 0 bridgehead atoms. The topological polar surface area (TPSA) is 52.6 Å². The second-order valence-electron chi connectivity index (χ2n) is 7.69. The van der Waals surface area contributed by atoms with Crippen LogP contribution in [0.4, 0.5) is 0 Å². The number of likely N-dealkylation sites (N-methyl/N-ethyl adjacent to an activating group) is 2. The molecule has 0 amide bonds. The van der Waals surface area contributed by atoms with Crippen molar-refractivity contribution in [2.45, 2.75) is 19.3 Å². The van der Waals surface area contributed by atoms with E-state index in [0.717, 1.165) is 43.4 Å². The van der Waals surface area contributed by atoms with Crippen molar-refractivity contribution in [1.82, 2.24) is 20.0 Å². The van der Waals surface area contributed by atoms with Gasteiger partial charge in [0.15, 0.2) is 17.5 Å². The average molecular weight is 406 g/mol. The molecule has 0 aromatic heterocycles. The van der Waals surface area contributed by atoms with Crippen LogP contribution in [0.3, 0.4) is 0 Å². The SMILES string of the molecule is CN=C(NCCCCN1CCN(C)CC1)N(C)CCc1ccc(OC)c(OC)c1. The van der Waals surface area contributed by atoms with Gasteiger partial charge in [-0.15, -0.1) is 0 Å². The van der Waals surface area contributed by atoms with Gasteiger partial charge in [-0.2, -0.15) is 0 Å². The largest absolute Gasteiger partial charge is 0.493 e. The summed E-state index contributed by atoms with van der Waals surface area (Å²) in [5, 5.41) is 3.50. The zero-order valence-corrected chi connectivity index (χ0v) is 18.9. The molecule has 0 unspecified atom stereocenters. The second-order valence-corrected chi connectivity index (χ2v) is 7.69. The number of guanidine groups is 1. The smallest absolute Gasteiger partial charge is 0.193 e. The summed E-state index contributed by atoms with van der Waals surface area (Å²) < 4.78 is 10.7. The molecule has 2 rings (SSSR count). The number of unbranched alkanes of at least 4 members (excludes halogenated alkanes) is 1. The number of rotatable bonds is 10. The monoisotopic (exact) mass is 405 g/mol. The highest BCUT2D eigenvalue weighted by atomic mass is 16.5. The summed E-state index contributed by atoms with van der Waals surface area (Å²) in [4.78, 5) is 11.6. The molecule has 1 heterocycles. The van der Waals surface area contributed by atoms with Gasteiger partial charge in [-0.25, -0.2) is 0 Å². The van der Waals surface area contributed by atoms with Crippen molar-refractivity contribution in [3.8, 4) is 11.5 Å². The van der Waals surface area contributed by atoms with Crippen molar-refractivity contribution in [3.05, 3.63) is 23.8 Å². The molecule has 164 valence electrons. The Morgan fingerprint density at radius 3 is 2.48 bits per heavy atom. The quantitative estimate of drug-likeness (QED) is 0.364. The summed E-state index contributed by atoms with van der Waals surface area (Å²) in [6.07, 6.45) is 3.30. The molecule has 7 nitrogen and oxygen atoms in total. The van der Waals surface area contributed by atoms with Crippen LogP contribution in [0.2, 0.25) is 0 Å². The molecule has 0 spiro atoms. The third-order valence-electron chi connectivity index (χ3n) is 5.54. The molecular formula is C22H39N5O2. The second kappa shape index (κ2) is 12.5. The predicted octanol–water partition coefficient (Wildman–Crippen LogP) is 1.78. The van der Waals surface area contributed by atoms with Gasteiger partial charge in [-0.3, -0.25) is 4.99 Å². The standard InChI is InChI=1S/C22H39N5O2/c1-23-22(24-11-6-7-12-27-16-14-25(2)15-17-27)26(3)13-10-19-8-9-20(28-4)21(18-19)29-5/h8-9,18H,6-7,10-17H2,1-5H3,(H,23,24). The molecule has 1 aromatic rings. The van der Waals surface area contributed by atoms with E-state index in [1.54, 1.807) is 14.2 Å². The van der Waals surface area contributed by atoms with Crippen LogP contribution in [0, 0.1) is 0 Å². The summed E-state index contributed by atoms with van der Waals surface area (Å²) in [5.41, 5.74) is 1.22. The van der Waals surface area contributed by atoms with Crippen LogP contribution in [-0.4, -0.2) is 102 Å². The Labute approximate surface area is 176 Å². The van der Waals surface area contributed by atoms with E-state index in [4.69, 9.17) is 9.47 Å². The van der Waals surface area contributed by atoms with Gasteiger partial charge in [0.1, 0.15) is 0 Å².